The Balaban J connectivity index is 1.36. The van der Waals surface area contributed by atoms with Gasteiger partial charge >= 0.3 is 0 Å². The van der Waals surface area contributed by atoms with Gasteiger partial charge in [-0.2, -0.15) is 4.31 Å². The van der Waals surface area contributed by atoms with Crippen LogP contribution in [0.15, 0.2) is 60.7 Å². The van der Waals surface area contributed by atoms with E-state index < -0.39 is 33.9 Å². The number of rotatable bonds is 13. The Morgan fingerprint density at radius 3 is 2.17 bits per heavy atom. The van der Waals surface area contributed by atoms with E-state index in [1.54, 1.807) is 0 Å². The van der Waals surface area contributed by atoms with Gasteiger partial charge in [-0.25, -0.2) is 8.42 Å². The van der Waals surface area contributed by atoms with Gasteiger partial charge in [0.2, 0.25) is 27.7 Å². The van der Waals surface area contributed by atoms with Crippen molar-refractivity contribution in [1.82, 2.24) is 19.4 Å². The number of hydrogen-bond donors (Lipinski definition) is 3. The number of carbonyl (C=O) groups is 3. The van der Waals surface area contributed by atoms with Gasteiger partial charge in [-0.3, -0.25) is 25.1 Å². The monoisotopic (exact) mass is 652 g/mol. The van der Waals surface area contributed by atoms with E-state index in [2.05, 4.69) is 17.4 Å². The summed E-state index contributed by atoms with van der Waals surface area (Å²) >= 11 is 0. The van der Waals surface area contributed by atoms with E-state index in [9.17, 15) is 22.8 Å². The van der Waals surface area contributed by atoms with Crippen molar-refractivity contribution in [3.8, 4) is 0 Å². The Labute approximate surface area is 273 Å². The minimum atomic E-state index is -3.82. The van der Waals surface area contributed by atoms with Crippen molar-refractivity contribution >= 4 is 33.7 Å². The lowest BCUT2D eigenvalue weighted by atomic mass is 9.95. The molecule has 2 aliphatic rings. The quantitative estimate of drug-likeness (QED) is 0.223. The molecular weight excluding hydrogens is 604 g/mol. The maximum atomic E-state index is 14.0. The summed E-state index contributed by atoms with van der Waals surface area (Å²) in [7, 11) is -3.82. The zero-order valence-corrected chi connectivity index (χ0v) is 27.8. The number of carbonyl (C=O) groups excluding carboxylic acids is 3. The molecule has 0 spiro atoms. The summed E-state index contributed by atoms with van der Waals surface area (Å²) in [5, 5.41) is 11.3. The summed E-state index contributed by atoms with van der Waals surface area (Å²) in [5.41, 5.74) is 7.66. The standard InChI is InChI=1S/C34H48N6O5S/c1-25(11-9-16-26-12-5-3-6-13-26)32(42)37-34(36)38-21-18-28(19-22-38)24-40(46(2,44)45)30(23-27-14-7-4-8-15-27)33(43)39-20-10-17-29(39)31(35)41/h3-8,12-15,25,28-30H,9-11,16-24H2,1-2H3,(H2,35,41)(H2,36,37,42)/t25?,29-,30+/m0/s1. The van der Waals surface area contributed by atoms with Gasteiger partial charge in [0.25, 0.3) is 0 Å². The number of nitrogens with one attached hydrogen (secondary N) is 2. The summed E-state index contributed by atoms with van der Waals surface area (Å²) in [6, 6.07) is 17.7. The van der Waals surface area contributed by atoms with Gasteiger partial charge < -0.3 is 15.5 Å². The first kappa shape index (κ1) is 35.1. The Morgan fingerprint density at radius 2 is 1.59 bits per heavy atom. The summed E-state index contributed by atoms with van der Waals surface area (Å²) in [6.07, 6.45) is 6.07. The fourth-order valence-corrected chi connectivity index (χ4v) is 7.57. The maximum absolute atomic E-state index is 14.0. The number of amides is 3. The van der Waals surface area contributed by atoms with Gasteiger partial charge in [0, 0.05) is 32.1 Å². The fourth-order valence-electron chi connectivity index (χ4n) is 6.46. The molecule has 2 aromatic rings. The van der Waals surface area contributed by atoms with Crippen LogP contribution in [0.25, 0.3) is 0 Å². The van der Waals surface area contributed by atoms with Crippen LogP contribution in [0.3, 0.4) is 0 Å². The number of sulfonamides is 1. The van der Waals surface area contributed by atoms with Crippen LogP contribution in [-0.2, 0) is 37.2 Å². The van der Waals surface area contributed by atoms with E-state index in [1.807, 2.05) is 60.4 Å². The predicted octanol–water partition coefficient (Wildman–Crippen LogP) is 2.76. The third-order valence-electron chi connectivity index (χ3n) is 9.20. The average Bonchev–Trinajstić information content (AvgIpc) is 3.54. The highest BCUT2D eigenvalue weighted by Gasteiger charge is 2.41. The minimum Gasteiger partial charge on any atom is -0.368 e. The number of aryl methyl sites for hydroxylation is 1. The first-order valence-corrected chi connectivity index (χ1v) is 18.1. The lowest BCUT2D eigenvalue weighted by molar-refractivity contribution is -0.140. The molecule has 1 unspecified atom stereocenters. The van der Waals surface area contributed by atoms with Crippen LogP contribution >= 0.6 is 0 Å². The Bertz CT molecular complexity index is 1450. The van der Waals surface area contributed by atoms with Gasteiger partial charge in [0.1, 0.15) is 12.1 Å². The molecule has 2 heterocycles. The molecule has 12 heteroatoms. The van der Waals surface area contributed by atoms with E-state index in [4.69, 9.17) is 11.1 Å². The van der Waals surface area contributed by atoms with Crippen LogP contribution in [-0.4, -0.2) is 90.7 Å². The number of primary amides is 1. The van der Waals surface area contributed by atoms with Gasteiger partial charge in [-0.1, -0.05) is 67.6 Å². The highest BCUT2D eigenvalue weighted by molar-refractivity contribution is 7.88. The molecule has 0 aliphatic carbocycles. The van der Waals surface area contributed by atoms with Crippen LogP contribution in [0.2, 0.25) is 0 Å². The summed E-state index contributed by atoms with van der Waals surface area (Å²) in [4.78, 5) is 42.1. The Kier molecular flexibility index (Phi) is 12.3. The van der Waals surface area contributed by atoms with E-state index in [1.165, 1.54) is 14.8 Å². The second kappa shape index (κ2) is 16.2. The lowest BCUT2D eigenvalue weighted by Crippen LogP contribution is -2.56. The first-order chi connectivity index (χ1) is 21.9. The van der Waals surface area contributed by atoms with Crippen LogP contribution in [0.4, 0.5) is 0 Å². The van der Waals surface area contributed by atoms with Crippen molar-refractivity contribution in [3.05, 3.63) is 71.8 Å². The van der Waals surface area contributed by atoms with E-state index in [-0.39, 0.29) is 36.7 Å². The lowest BCUT2D eigenvalue weighted by Gasteiger charge is -2.38. The Morgan fingerprint density at radius 1 is 0.978 bits per heavy atom. The van der Waals surface area contributed by atoms with E-state index in [0.717, 1.165) is 31.1 Å². The number of piperidine rings is 1. The molecule has 2 fully saturated rings. The molecule has 250 valence electrons. The number of benzene rings is 2. The number of likely N-dealkylation sites (tertiary alicyclic amines) is 2. The molecule has 0 aromatic heterocycles. The fraction of sp³-hybridized carbons (Fsp3) is 0.529. The molecule has 2 saturated heterocycles. The topological polar surface area (TPSA) is 157 Å². The molecule has 0 saturated carbocycles. The zero-order chi connectivity index (χ0) is 33.3. The summed E-state index contributed by atoms with van der Waals surface area (Å²) in [5.74, 6) is -1.39. The Hall–Kier alpha value is -3.77. The van der Waals surface area contributed by atoms with Gasteiger partial charge in [-0.15, -0.1) is 0 Å². The molecule has 0 radical (unpaired) electrons. The molecule has 11 nitrogen and oxygen atoms in total. The van der Waals surface area contributed by atoms with Crippen LogP contribution in [0, 0.1) is 17.2 Å². The minimum absolute atomic E-state index is 0.0528. The molecule has 2 aliphatic heterocycles. The van der Waals surface area contributed by atoms with Crippen molar-refractivity contribution in [3.63, 3.8) is 0 Å². The van der Waals surface area contributed by atoms with Gasteiger partial charge in [-0.05, 0) is 68.4 Å². The van der Waals surface area contributed by atoms with Crippen LogP contribution in [0.1, 0.15) is 56.6 Å². The molecule has 4 rings (SSSR count). The van der Waals surface area contributed by atoms with E-state index >= 15 is 0 Å². The molecule has 4 N–H and O–H groups in total. The molecule has 0 bridgehead atoms. The number of nitrogens with zero attached hydrogens (tertiary/aromatic N) is 3. The second-order valence-corrected chi connectivity index (χ2v) is 14.6. The zero-order valence-electron chi connectivity index (χ0n) is 26.9. The number of nitrogens with two attached hydrogens (primary N) is 1. The van der Waals surface area contributed by atoms with Crippen molar-refractivity contribution in [2.24, 2.45) is 17.6 Å². The summed E-state index contributed by atoms with van der Waals surface area (Å²) < 4.78 is 27.8. The molecule has 2 aromatic carbocycles. The smallest absolute Gasteiger partial charge is 0.242 e. The maximum Gasteiger partial charge on any atom is 0.242 e. The third kappa shape index (κ3) is 9.62. The molecule has 3 atom stereocenters. The second-order valence-electron chi connectivity index (χ2n) is 12.7. The van der Waals surface area contributed by atoms with E-state index in [0.29, 0.717) is 45.3 Å². The molecule has 46 heavy (non-hydrogen) atoms. The third-order valence-corrected chi connectivity index (χ3v) is 10.5. The van der Waals surface area contributed by atoms with Crippen LogP contribution < -0.4 is 11.1 Å². The largest absolute Gasteiger partial charge is 0.368 e. The normalized spacial score (nSPS) is 18.7. The van der Waals surface area contributed by atoms with Crippen molar-refractivity contribution in [2.75, 3.05) is 32.4 Å². The van der Waals surface area contributed by atoms with Crippen molar-refractivity contribution < 1.29 is 22.8 Å². The predicted molar refractivity (Wildman–Crippen MR) is 178 cm³/mol. The van der Waals surface area contributed by atoms with Crippen molar-refractivity contribution in [2.45, 2.75) is 70.4 Å². The molecule has 3 amide bonds. The van der Waals surface area contributed by atoms with Gasteiger partial charge in [0.15, 0.2) is 5.96 Å². The number of hydrogen-bond acceptors (Lipinski definition) is 6. The highest BCUT2D eigenvalue weighted by Crippen LogP contribution is 2.26. The van der Waals surface area contributed by atoms with Gasteiger partial charge in [0.05, 0.1) is 6.26 Å². The van der Waals surface area contributed by atoms with Crippen LogP contribution in [0.5, 0.6) is 0 Å². The molecular formula is C34H48N6O5S. The first-order valence-electron chi connectivity index (χ1n) is 16.2. The summed E-state index contributed by atoms with van der Waals surface area (Å²) in [6.45, 7) is 3.34. The van der Waals surface area contributed by atoms with Crippen molar-refractivity contribution in [1.29, 1.82) is 5.41 Å². The highest BCUT2D eigenvalue weighted by atomic mass is 32.2. The average molecular weight is 653 g/mol. The number of guanidine groups is 1. The SMILES string of the molecule is CC(CCCc1ccccc1)C(=O)NC(=N)N1CCC(CN([C@H](Cc2ccccc2)C(=O)N2CCC[C@H]2C(N)=O)S(C)(=O)=O)CC1.